The summed E-state index contributed by atoms with van der Waals surface area (Å²) in [6.07, 6.45) is 3.24. The summed E-state index contributed by atoms with van der Waals surface area (Å²) in [6.45, 7) is 0. The second-order valence-corrected chi connectivity index (χ2v) is 3.49. The molecule has 0 radical (unpaired) electrons. The number of H-pyrrole nitrogens is 1. The number of carboxylic acids is 1. The number of hydrogen-bond acceptors (Lipinski definition) is 4. The van der Waals surface area contributed by atoms with E-state index in [0.29, 0.717) is 17.0 Å². The first-order valence-corrected chi connectivity index (χ1v) is 4.87. The number of oxazole rings is 1. The molecule has 0 saturated carbocycles. The Morgan fingerprint density at radius 2 is 2.29 bits per heavy atom. The van der Waals surface area contributed by atoms with Gasteiger partial charge in [-0.3, -0.25) is 5.10 Å². The second kappa shape index (κ2) is 3.44. The molecule has 2 heterocycles. The van der Waals surface area contributed by atoms with Crippen LogP contribution in [0.4, 0.5) is 0 Å². The van der Waals surface area contributed by atoms with Crippen LogP contribution in [0.15, 0.2) is 35.0 Å². The topological polar surface area (TPSA) is 92.0 Å². The number of fused-ring (bicyclic) bond motifs is 1. The monoisotopic (exact) mass is 229 g/mol. The Morgan fingerprint density at radius 3 is 3.00 bits per heavy atom. The van der Waals surface area contributed by atoms with Gasteiger partial charge >= 0.3 is 5.97 Å². The van der Waals surface area contributed by atoms with E-state index in [1.807, 2.05) is 0 Å². The van der Waals surface area contributed by atoms with Crippen LogP contribution in [0.25, 0.3) is 22.6 Å². The number of aromatic nitrogens is 3. The van der Waals surface area contributed by atoms with Gasteiger partial charge in [-0.05, 0) is 18.2 Å². The molecule has 0 aliphatic heterocycles. The average Bonchev–Trinajstić information content (AvgIpc) is 2.96. The Kier molecular flexibility index (Phi) is 1.94. The molecule has 0 bridgehead atoms. The van der Waals surface area contributed by atoms with Crippen molar-refractivity contribution in [2.75, 3.05) is 0 Å². The van der Waals surface area contributed by atoms with E-state index in [-0.39, 0.29) is 5.56 Å². The van der Waals surface area contributed by atoms with Gasteiger partial charge in [0.25, 0.3) is 0 Å². The van der Waals surface area contributed by atoms with Crippen molar-refractivity contribution < 1.29 is 14.3 Å². The van der Waals surface area contributed by atoms with E-state index in [0.717, 1.165) is 5.56 Å². The minimum Gasteiger partial charge on any atom is -0.478 e. The molecule has 1 aromatic carbocycles. The molecule has 3 rings (SSSR count). The van der Waals surface area contributed by atoms with Crippen molar-refractivity contribution in [3.63, 3.8) is 0 Å². The summed E-state index contributed by atoms with van der Waals surface area (Å²) in [5.74, 6) is -0.573. The fraction of sp³-hybridized carbons (Fsp3) is 0. The molecule has 6 nitrogen and oxygen atoms in total. The van der Waals surface area contributed by atoms with E-state index in [9.17, 15) is 4.79 Å². The zero-order chi connectivity index (χ0) is 11.8. The first-order valence-electron chi connectivity index (χ1n) is 4.87. The molecule has 0 fully saturated rings. The normalized spacial score (nSPS) is 10.8. The van der Waals surface area contributed by atoms with Crippen LogP contribution in [0.2, 0.25) is 0 Å². The van der Waals surface area contributed by atoms with E-state index >= 15 is 0 Å². The summed E-state index contributed by atoms with van der Waals surface area (Å²) in [6, 6.07) is 4.55. The summed E-state index contributed by atoms with van der Waals surface area (Å²) in [5.41, 5.74) is 1.97. The number of aromatic carboxylic acids is 1. The SMILES string of the molecule is O=C(O)c1ccc2oc(-c3cn[nH]c3)nc2c1. The molecule has 3 aromatic rings. The van der Waals surface area contributed by atoms with Crippen LogP contribution >= 0.6 is 0 Å². The van der Waals surface area contributed by atoms with E-state index in [1.54, 1.807) is 18.5 Å². The van der Waals surface area contributed by atoms with Gasteiger partial charge in [0.15, 0.2) is 5.58 Å². The largest absolute Gasteiger partial charge is 0.478 e. The maximum Gasteiger partial charge on any atom is 0.335 e. The first kappa shape index (κ1) is 9.59. The van der Waals surface area contributed by atoms with E-state index in [1.165, 1.54) is 12.1 Å². The third-order valence-electron chi connectivity index (χ3n) is 2.38. The molecule has 0 aliphatic rings. The fourth-order valence-corrected chi connectivity index (χ4v) is 1.55. The van der Waals surface area contributed by atoms with Gasteiger partial charge in [0, 0.05) is 6.20 Å². The summed E-state index contributed by atoms with van der Waals surface area (Å²) in [7, 11) is 0. The molecule has 0 spiro atoms. The minimum atomic E-state index is -0.986. The summed E-state index contributed by atoms with van der Waals surface area (Å²) in [4.78, 5) is 15.0. The van der Waals surface area contributed by atoms with Crippen LogP contribution in [-0.4, -0.2) is 26.3 Å². The summed E-state index contributed by atoms with van der Waals surface area (Å²) in [5, 5.41) is 15.3. The third-order valence-corrected chi connectivity index (χ3v) is 2.38. The lowest BCUT2D eigenvalue weighted by molar-refractivity contribution is 0.0697. The number of aromatic amines is 1. The quantitative estimate of drug-likeness (QED) is 0.700. The van der Waals surface area contributed by atoms with Gasteiger partial charge < -0.3 is 9.52 Å². The summed E-state index contributed by atoms with van der Waals surface area (Å²) >= 11 is 0. The number of carboxylic acid groups (broad SMARTS) is 1. The maximum absolute atomic E-state index is 10.8. The molecule has 84 valence electrons. The Balaban J connectivity index is 2.16. The molecule has 17 heavy (non-hydrogen) atoms. The number of benzene rings is 1. The smallest absolute Gasteiger partial charge is 0.335 e. The van der Waals surface area contributed by atoms with Crippen LogP contribution in [0.3, 0.4) is 0 Å². The molecule has 0 saturated heterocycles. The number of nitrogens with zero attached hydrogens (tertiary/aromatic N) is 2. The molecular formula is C11H7N3O3. The van der Waals surface area contributed by atoms with Crippen LogP contribution in [0, 0.1) is 0 Å². The lowest BCUT2D eigenvalue weighted by Gasteiger charge is -1.91. The number of hydrogen-bond donors (Lipinski definition) is 2. The van der Waals surface area contributed by atoms with Gasteiger partial charge in [-0.25, -0.2) is 9.78 Å². The molecule has 0 aliphatic carbocycles. The van der Waals surface area contributed by atoms with Gasteiger partial charge in [-0.15, -0.1) is 0 Å². The molecular weight excluding hydrogens is 222 g/mol. The van der Waals surface area contributed by atoms with Crippen molar-refractivity contribution in [1.82, 2.24) is 15.2 Å². The van der Waals surface area contributed by atoms with Gasteiger partial charge in [0.2, 0.25) is 5.89 Å². The van der Waals surface area contributed by atoms with Gasteiger partial charge in [0.1, 0.15) is 5.52 Å². The predicted molar refractivity (Wildman–Crippen MR) is 58.6 cm³/mol. The molecule has 2 N–H and O–H groups in total. The zero-order valence-electron chi connectivity index (χ0n) is 8.54. The van der Waals surface area contributed by atoms with Crippen molar-refractivity contribution in [2.24, 2.45) is 0 Å². The minimum absolute atomic E-state index is 0.185. The lowest BCUT2D eigenvalue weighted by Crippen LogP contribution is -1.94. The van der Waals surface area contributed by atoms with Crippen molar-refractivity contribution in [3.8, 4) is 11.5 Å². The average molecular weight is 229 g/mol. The van der Waals surface area contributed by atoms with Gasteiger partial charge in [0.05, 0.1) is 17.3 Å². The van der Waals surface area contributed by atoms with Crippen molar-refractivity contribution in [2.45, 2.75) is 0 Å². The number of carbonyl (C=O) groups is 1. The standard InChI is InChI=1S/C11H7N3O3/c15-11(16)6-1-2-9-8(3-6)14-10(17-9)7-4-12-13-5-7/h1-5H,(H,12,13)(H,15,16). The number of nitrogens with one attached hydrogen (secondary N) is 1. The van der Waals surface area contributed by atoms with E-state index < -0.39 is 5.97 Å². The molecule has 2 aromatic heterocycles. The Hall–Kier alpha value is -2.63. The predicted octanol–water partition coefficient (Wildman–Crippen LogP) is 1.92. The Bertz CT molecular complexity index is 685. The van der Waals surface area contributed by atoms with E-state index in [2.05, 4.69) is 15.2 Å². The maximum atomic E-state index is 10.8. The Labute approximate surface area is 94.9 Å². The van der Waals surface area contributed by atoms with Crippen LogP contribution in [-0.2, 0) is 0 Å². The highest BCUT2D eigenvalue weighted by atomic mass is 16.4. The van der Waals surface area contributed by atoms with Crippen LogP contribution < -0.4 is 0 Å². The summed E-state index contributed by atoms with van der Waals surface area (Å²) < 4.78 is 5.48. The van der Waals surface area contributed by atoms with Crippen LogP contribution in [0.5, 0.6) is 0 Å². The van der Waals surface area contributed by atoms with Crippen molar-refractivity contribution >= 4 is 17.1 Å². The Morgan fingerprint density at radius 1 is 1.41 bits per heavy atom. The van der Waals surface area contributed by atoms with Gasteiger partial charge in [-0.2, -0.15) is 5.10 Å². The zero-order valence-corrected chi connectivity index (χ0v) is 8.54. The highest BCUT2D eigenvalue weighted by Gasteiger charge is 2.11. The molecule has 6 heteroatoms. The third kappa shape index (κ3) is 1.55. The second-order valence-electron chi connectivity index (χ2n) is 3.49. The van der Waals surface area contributed by atoms with E-state index in [4.69, 9.17) is 9.52 Å². The lowest BCUT2D eigenvalue weighted by atomic mass is 10.2. The highest BCUT2D eigenvalue weighted by Crippen LogP contribution is 2.23. The molecule has 0 unspecified atom stereocenters. The highest BCUT2D eigenvalue weighted by molar-refractivity contribution is 5.92. The van der Waals surface area contributed by atoms with Crippen molar-refractivity contribution in [1.29, 1.82) is 0 Å². The molecule has 0 amide bonds. The fourth-order valence-electron chi connectivity index (χ4n) is 1.55. The van der Waals surface area contributed by atoms with Crippen molar-refractivity contribution in [3.05, 3.63) is 36.2 Å². The first-order chi connectivity index (χ1) is 8.24. The van der Waals surface area contributed by atoms with Gasteiger partial charge in [-0.1, -0.05) is 0 Å². The molecule has 0 atom stereocenters. The van der Waals surface area contributed by atoms with Crippen LogP contribution in [0.1, 0.15) is 10.4 Å². The number of rotatable bonds is 2.